The largest absolute Gasteiger partial charge is 0.506 e. The Morgan fingerprint density at radius 3 is 2.81 bits per heavy atom. The van der Waals surface area contributed by atoms with E-state index in [0.717, 1.165) is 0 Å². The average molecular weight is 245 g/mol. The molecule has 0 spiro atoms. The number of carbonyl (C=O) groups excluding carboxylic acids is 1. The summed E-state index contributed by atoms with van der Waals surface area (Å²) in [4.78, 5) is 14.6. The van der Waals surface area contributed by atoms with Crippen LogP contribution in [0.5, 0.6) is 5.75 Å². The minimum absolute atomic E-state index is 0.104. The lowest BCUT2D eigenvalue weighted by atomic mass is 10.0. The molecule has 1 rings (SSSR count). The first-order valence-corrected chi connectivity index (χ1v) is 5.11. The molecular formula is C10H13ClN2O3. The summed E-state index contributed by atoms with van der Waals surface area (Å²) >= 11 is 5.96. The van der Waals surface area contributed by atoms with Crippen LogP contribution >= 0.6 is 11.6 Å². The van der Waals surface area contributed by atoms with Gasteiger partial charge < -0.3 is 15.9 Å². The van der Waals surface area contributed by atoms with E-state index in [2.05, 4.69) is 4.98 Å². The minimum atomic E-state index is -0.763. The molecule has 6 heteroatoms. The molecule has 4 N–H and O–H groups in total. The second-order valence-electron chi connectivity index (χ2n) is 3.43. The number of aromatic hydroxyl groups is 1. The zero-order valence-electron chi connectivity index (χ0n) is 8.77. The van der Waals surface area contributed by atoms with Crippen LogP contribution in [0.4, 0.5) is 0 Å². The van der Waals surface area contributed by atoms with Crippen molar-refractivity contribution < 1.29 is 15.0 Å². The number of hydrogen-bond donors (Lipinski definition) is 3. The molecule has 1 heterocycles. The molecule has 0 fully saturated rings. The van der Waals surface area contributed by atoms with Crippen LogP contribution in [0.3, 0.4) is 0 Å². The molecule has 1 aromatic heterocycles. The number of pyridine rings is 1. The van der Waals surface area contributed by atoms with E-state index in [1.807, 2.05) is 0 Å². The van der Waals surface area contributed by atoms with Crippen molar-refractivity contribution >= 4 is 17.5 Å². The molecule has 88 valence electrons. The maximum Gasteiger partial charge on any atom is 0.219 e. The Balaban J connectivity index is 3.18. The van der Waals surface area contributed by atoms with Gasteiger partial charge in [0.25, 0.3) is 0 Å². The molecule has 0 saturated heterocycles. The van der Waals surface area contributed by atoms with E-state index < -0.39 is 11.3 Å². The Labute approximate surface area is 97.9 Å². The van der Waals surface area contributed by atoms with Crippen molar-refractivity contribution in [2.45, 2.75) is 25.3 Å². The highest BCUT2D eigenvalue weighted by atomic mass is 35.5. The molecule has 0 aliphatic rings. The highest BCUT2D eigenvalue weighted by Crippen LogP contribution is 2.35. The molecule has 1 amide bonds. The van der Waals surface area contributed by atoms with Gasteiger partial charge in [-0.05, 0) is 6.92 Å². The smallest absolute Gasteiger partial charge is 0.219 e. The molecule has 0 bridgehead atoms. The monoisotopic (exact) mass is 244 g/mol. The Morgan fingerprint density at radius 1 is 1.69 bits per heavy atom. The lowest BCUT2D eigenvalue weighted by Crippen LogP contribution is -2.14. The lowest BCUT2D eigenvalue weighted by molar-refractivity contribution is -0.118. The number of aryl methyl sites for hydroxylation is 1. The fourth-order valence-electron chi connectivity index (χ4n) is 1.41. The van der Waals surface area contributed by atoms with Crippen LogP contribution in [0.1, 0.15) is 28.6 Å². The third-order valence-electron chi connectivity index (χ3n) is 2.22. The van der Waals surface area contributed by atoms with Gasteiger partial charge in [-0.1, -0.05) is 0 Å². The van der Waals surface area contributed by atoms with Gasteiger partial charge in [-0.2, -0.15) is 0 Å². The van der Waals surface area contributed by atoms with Gasteiger partial charge in [0.1, 0.15) is 5.75 Å². The van der Waals surface area contributed by atoms with E-state index in [4.69, 9.17) is 22.4 Å². The fourth-order valence-corrected chi connectivity index (χ4v) is 1.80. The summed E-state index contributed by atoms with van der Waals surface area (Å²) < 4.78 is 0. The summed E-state index contributed by atoms with van der Waals surface area (Å²) in [5, 5.41) is 18.1. The zero-order chi connectivity index (χ0) is 12.3. The number of amides is 1. The Bertz CT molecular complexity index is 409. The van der Waals surface area contributed by atoms with Gasteiger partial charge in [0, 0.05) is 23.7 Å². The summed E-state index contributed by atoms with van der Waals surface area (Å²) in [7, 11) is 0. The maximum atomic E-state index is 10.8. The quantitative estimate of drug-likeness (QED) is 0.681. The molecule has 0 saturated carbocycles. The van der Waals surface area contributed by atoms with Gasteiger partial charge in [0.15, 0.2) is 0 Å². The van der Waals surface area contributed by atoms with Gasteiger partial charge in [-0.15, -0.1) is 11.6 Å². The van der Waals surface area contributed by atoms with E-state index in [1.54, 1.807) is 6.92 Å². The molecular weight excluding hydrogens is 232 g/mol. The van der Waals surface area contributed by atoms with Crippen LogP contribution in [0, 0.1) is 6.92 Å². The summed E-state index contributed by atoms with van der Waals surface area (Å²) in [6.45, 7) is 1.30. The topological polar surface area (TPSA) is 96.4 Å². The van der Waals surface area contributed by atoms with Crippen LogP contribution in [0.25, 0.3) is 0 Å². The number of aromatic nitrogens is 1. The highest BCUT2D eigenvalue weighted by Gasteiger charge is 2.20. The zero-order valence-corrected chi connectivity index (χ0v) is 9.53. The Hall–Kier alpha value is -1.33. The summed E-state index contributed by atoms with van der Waals surface area (Å²) in [6, 6.07) is 0. The average Bonchev–Trinajstić information content (AvgIpc) is 2.20. The van der Waals surface area contributed by atoms with E-state index in [-0.39, 0.29) is 18.8 Å². The predicted octanol–water partition coefficient (Wildman–Crippen LogP) is 0.743. The fraction of sp³-hybridized carbons (Fsp3) is 0.400. The van der Waals surface area contributed by atoms with Crippen LogP contribution < -0.4 is 5.73 Å². The van der Waals surface area contributed by atoms with Crippen LogP contribution in [0.15, 0.2) is 6.20 Å². The van der Waals surface area contributed by atoms with Gasteiger partial charge >= 0.3 is 0 Å². The number of aliphatic hydroxyl groups excluding tert-OH is 1. The van der Waals surface area contributed by atoms with Crippen LogP contribution in [-0.2, 0) is 11.4 Å². The number of carbonyl (C=O) groups is 1. The van der Waals surface area contributed by atoms with Crippen LogP contribution in [0.2, 0.25) is 0 Å². The van der Waals surface area contributed by atoms with Crippen molar-refractivity contribution in [3.05, 3.63) is 23.0 Å². The molecule has 0 aliphatic carbocycles. The standard InChI is InChI=1S/C10H13ClN2O3/c1-5-10(16)9(6(4-14)3-13-5)7(11)2-8(12)15/h3,7,14,16H,2,4H2,1H3,(H2,12,15). The summed E-state index contributed by atoms with van der Waals surface area (Å²) in [5.41, 5.74) is 6.13. The van der Waals surface area contributed by atoms with Crippen molar-refractivity contribution in [2.75, 3.05) is 0 Å². The van der Waals surface area contributed by atoms with Crippen molar-refractivity contribution in [2.24, 2.45) is 5.73 Å². The summed E-state index contributed by atoms with van der Waals surface area (Å²) in [6.07, 6.45) is 1.31. The van der Waals surface area contributed by atoms with Crippen molar-refractivity contribution in [1.29, 1.82) is 0 Å². The second-order valence-corrected chi connectivity index (χ2v) is 3.95. The van der Waals surface area contributed by atoms with Crippen molar-refractivity contribution in [3.8, 4) is 5.75 Å². The minimum Gasteiger partial charge on any atom is -0.506 e. The number of halogens is 1. The molecule has 16 heavy (non-hydrogen) atoms. The molecule has 0 aliphatic heterocycles. The first-order valence-electron chi connectivity index (χ1n) is 4.68. The van der Waals surface area contributed by atoms with Gasteiger partial charge in [-0.25, -0.2) is 0 Å². The number of rotatable bonds is 4. The number of alkyl halides is 1. The molecule has 0 radical (unpaired) electrons. The number of hydrogen-bond acceptors (Lipinski definition) is 4. The molecule has 1 unspecified atom stereocenters. The SMILES string of the molecule is Cc1ncc(CO)c(C(Cl)CC(N)=O)c1O. The molecule has 0 aromatic carbocycles. The first kappa shape index (κ1) is 12.7. The van der Waals surface area contributed by atoms with Gasteiger partial charge in [0.05, 0.1) is 17.7 Å². The summed E-state index contributed by atoms with van der Waals surface area (Å²) in [5.74, 6) is -0.675. The third kappa shape index (κ3) is 2.62. The lowest BCUT2D eigenvalue weighted by Gasteiger charge is -2.15. The van der Waals surface area contributed by atoms with Crippen molar-refractivity contribution in [3.63, 3.8) is 0 Å². The van der Waals surface area contributed by atoms with E-state index in [0.29, 0.717) is 16.8 Å². The third-order valence-corrected chi connectivity index (χ3v) is 2.59. The van der Waals surface area contributed by atoms with Gasteiger partial charge in [-0.3, -0.25) is 9.78 Å². The van der Waals surface area contributed by atoms with E-state index in [9.17, 15) is 9.90 Å². The highest BCUT2D eigenvalue weighted by molar-refractivity contribution is 6.22. The predicted molar refractivity (Wildman–Crippen MR) is 59.0 cm³/mol. The second kappa shape index (κ2) is 5.14. The molecule has 5 nitrogen and oxygen atoms in total. The Kier molecular flexibility index (Phi) is 4.09. The molecule has 1 atom stereocenters. The number of nitrogens with zero attached hydrogens (tertiary/aromatic N) is 1. The van der Waals surface area contributed by atoms with E-state index in [1.165, 1.54) is 6.20 Å². The normalized spacial score (nSPS) is 12.4. The molecule has 1 aromatic rings. The number of aliphatic hydroxyl groups is 1. The number of primary amides is 1. The Morgan fingerprint density at radius 2 is 2.31 bits per heavy atom. The van der Waals surface area contributed by atoms with E-state index >= 15 is 0 Å². The van der Waals surface area contributed by atoms with Gasteiger partial charge in [0.2, 0.25) is 5.91 Å². The first-order chi connectivity index (χ1) is 7.47. The number of nitrogens with two attached hydrogens (primary N) is 1. The maximum absolute atomic E-state index is 10.8. The van der Waals surface area contributed by atoms with Crippen LogP contribution in [-0.4, -0.2) is 21.1 Å². The van der Waals surface area contributed by atoms with Crippen molar-refractivity contribution in [1.82, 2.24) is 4.98 Å².